The third kappa shape index (κ3) is 3.19. The summed E-state index contributed by atoms with van der Waals surface area (Å²) in [5, 5.41) is 0. The average Bonchev–Trinajstić information content (AvgIpc) is 2.74. The van der Waals surface area contributed by atoms with Crippen LogP contribution >= 0.6 is 15.9 Å². The van der Waals surface area contributed by atoms with E-state index >= 15 is 0 Å². The summed E-state index contributed by atoms with van der Waals surface area (Å²) in [5.41, 5.74) is 8.98. The van der Waals surface area contributed by atoms with Gasteiger partial charge in [0.15, 0.2) is 0 Å². The van der Waals surface area contributed by atoms with Crippen molar-refractivity contribution in [2.45, 2.75) is 33.9 Å². The van der Waals surface area contributed by atoms with Crippen molar-refractivity contribution < 1.29 is 9.15 Å². The summed E-state index contributed by atoms with van der Waals surface area (Å²) in [6.45, 7) is 6.92. The van der Waals surface area contributed by atoms with Crippen LogP contribution in [0.3, 0.4) is 0 Å². The lowest BCUT2D eigenvalue weighted by Crippen LogP contribution is -1.96. The minimum atomic E-state index is 0.418. The molecule has 0 bridgehead atoms. The highest BCUT2D eigenvalue weighted by atomic mass is 79.9. The number of ether oxygens (including phenoxy) is 1. The first-order chi connectivity index (χ1) is 9.01. The summed E-state index contributed by atoms with van der Waals surface area (Å²) in [7, 11) is 0. The lowest BCUT2D eigenvalue weighted by Gasteiger charge is -2.09. The van der Waals surface area contributed by atoms with E-state index in [-0.39, 0.29) is 0 Å². The predicted octanol–water partition coefficient (Wildman–Crippen LogP) is 4.01. The quantitative estimate of drug-likeness (QED) is 0.924. The van der Waals surface area contributed by atoms with Gasteiger partial charge >= 0.3 is 0 Å². The zero-order chi connectivity index (χ0) is 14.0. The predicted molar refractivity (Wildman–Crippen MR) is 79.3 cm³/mol. The molecule has 0 atom stereocenters. The van der Waals surface area contributed by atoms with Gasteiger partial charge in [0, 0.05) is 4.47 Å². The molecule has 102 valence electrons. The molecule has 0 aliphatic carbocycles. The number of hydrogen-bond acceptors (Lipinski definition) is 3. The van der Waals surface area contributed by atoms with Crippen molar-refractivity contribution in [3.05, 3.63) is 50.9 Å². The summed E-state index contributed by atoms with van der Waals surface area (Å²) in [4.78, 5) is 0. The van der Waals surface area contributed by atoms with Crippen LogP contribution in [0.2, 0.25) is 0 Å². The first kappa shape index (κ1) is 14.2. The molecule has 0 aliphatic rings. The largest absolute Gasteiger partial charge is 0.486 e. The van der Waals surface area contributed by atoms with Gasteiger partial charge in [-0.25, -0.2) is 0 Å². The smallest absolute Gasteiger partial charge is 0.146 e. The molecule has 0 radical (unpaired) electrons. The lowest BCUT2D eigenvalue weighted by atomic mass is 10.1. The topological polar surface area (TPSA) is 48.4 Å². The fourth-order valence-corrected chi connectivity index (χ4v) is 2.24. The number of furan rings is 1. The van der Waals surface area contributed by atoms with E-state index in [1.165, 1.54) is 0 Å². The Morgan fingerprint density at radius 2 is 1.74 bits per heavy atom. The van der Waals surface area contributed by atoms with Gasteiger partial charge in [0.25, 0.3) is 0 Å². The molecule has 0 fully saturated rings. The maximum Gasteiger partial charge on any atom is 0.146 e. The van der Waals surface area contributed by atoms with Gasteiger partial charge in [0.05, 0.1) is 6.54 Å². The van der Waals surface area contributed by atoms with Gasteiger partial charge in [-0.15, -0.1) is 0 Å². The third-order valence-corrected chi connectivity index (χ3v) is 4.30. The molecular weight excluding hydrogens is 306 g/mol. The lowest BCUT2D eigenvalue weighted by molar-refractivity contribution is 0.266. The Labute approximate surface area is 121 Å². The molecule has 2 N–H and O–H groups in total. The highest BCUT2D eigenvalue weighted by molar-refractivity contribution is 9.10. The van der Waals surface area contributed by atoms with Crippen LogP contribution in [0.25, 0.3) is 0 Å². The Balaban J connectivity index is 2.10. The Kier molecular flexibility index (Phi) is 4.32. The molecule has 4 heteroatoms. The number of nitrogens with two attached hydrogens (primary N) is 1. The van der Waals surface area contributed by atoms with E-state index in [1.807, 2.05) is 39.0 Å². The molecule has 0 saturated heterocycles. The highest BCUT2D eigenvalue weighted by Crippen LogP contribution is 2.27. The maximum absolute atomic E-state index is 5.77. The van der Waals surface area contributed by atoms with E-state index in [0.717, 1.165) is 38.4 Å². The normalized spacial score (nSPS) is 10.8. The second kappa shape index (κ2) is 5.80. The Morgan fingerprint density at radius 1 is 1.11 bits per heavy atom. The van der Waals surface area contributed by atoms with Crippen molar-refractivity contribution in [1.82, 2.24) is 0 Å². The van der Waals surface area contributed by atoms with Crippen molar-refractivity contribution in [2.75, 3.05) is 0 Å². The SMILES string of the molecule is Cc1cc(COc2cc(C)c(Br)c(C)c2)oc1CN. The van der Waals surface area contributed by atoms with Crippen LogP contribution in [0.15, 0.2) is 27.1 Å². The summed E-state index contributed by atoms with van der Waals surface area (Å²) in [5.74, 6) is 2.47. The summed E-state index contributed by atoms with van der Waals surface area (Å²) >= 11 is 3.54. The number of hydrogen-bond donors (Lipinski definition) is 1. The van der Waals surface area contributed by atoms with Crippen LogP contribution in [0.1, 0.15) is 28.2 Å². The number of aryl methyl sites for hydroxylation is 3. The van der Waals surface area contributed by atoms with E-state index in [4.69, 9.17) is 14.9 Å². The van der Waals surface area contributed by atoms with Gasteiger partial charge in [-0.3, -0.25) is 0 Å². The molecule has 1 heterocycles. The molecule has 2 aromatic rings. The molecule has 19 heavy (non-hydrogen) atoms. The van der Waals surface area contributed by atoms with E-state index in [9.17, 15) is 0 Å². The fourth-order valence-electron chi connectivity index (χ4n) is 2.01. The van der Waals surface area contributed by atoms with E-state index in [0.29, 0.717) is 13.2 Å². The first-order valence-corrected chi connectivity index (χ1v) is 6.98. The molecular formula is C15H18BrNO2. The van der Waals surface area contributed by atoms with Crippen LogP contribution in [-0.4, -0.2) is 0 Å². The molecule has 2 rings (SSSR count). The van der Waals surface area contributed by atoms with Crippen molar-refractivity contribution in [3.8, 4) is 5.75 Å². The minimum Gasteiger partial charge on any atom is -0.486 e. The van der Waals surface area contributed by atoms with Crippen molar-refractivity contribution >= 4 is 15.9 Å². The van der Waals surface area contributed by atoms with Crippen LogP contribution in [0.4, 0.5) is 0 Å². The Bertz CT molecular complexity index is 567. The standard InChI is InChI=1S/C15H18BrNO2/c1-9-4-13(19-14(9)7-17)8-18-12-5-10(2)15(16)11(3)6-12/h4-6H,7-8,17H2,1-3H3. The molecule has 0 saturated carbocycles. The van der Waals surface area contributed by atoms with Gasteiger partial charge in [-0.05, 0) is 55.7 Å². The monoisotopic (exact) mass is 323 g/mol. The maximum atomic E-state index is 5.77. The first-order valence-electron chi connectivity index (χ1n) is 6.19. The second-order valence-corrected chi connectivity index (χ2v) is 5.48. The molecule has 0 aliphatic heterocycles. The zero-order valence-electron chi connectivity index (χ0n) is 11.4. The van der Waals surface area contributed by atoms with Crippen LogP contribution in [0.5, 0.6) is 5.75 Å². The molecule has 1 aromatic carbocycles. The van der Waals surface area contributed by atoms with Crippen LogP contribution in [-0.2, 0) is 13.2 Å². The van der Waals surface area contributed by atoms with Crippen LogP contribution in [0, 0.1) is 20.8 Å². The fraction of sp³-hybridized carbons (Fsp3) is 0.333. The third-order valence-electron chi connectivity index (χ3n) is 3.05. The van der Waals surface area contributed by atoms with Crippen molar-refractivity contribution in [3.63, 3.8) is 0 Å². The second-order valence-electron chi connectivity index (χ2n) is 4.68. The zero-order valence-corrected chi connectivity index (χ0v) is 13.0. The van der Waals surface area contributed by atoms with Gasteiger partial charge in [-0.1, -0.05) is 15.9 Å². The molecule has 1 aromatic heterocycles. The number of benzene rings is 1. The number of rotatable bonds is 4. The minimum absolute atomic E-state index is 0.418. The summed E-state index contributed by atoms with van der Waals surface area (Å²) in [6, 6.07) is 5.99. The Morgan fingerprint density at radius 3 is 2.26 bits per heavy atom. The van der Waals surface area contributed by atoms with Gasteiger partial charge in [-0.2, -0.15) is 0 Å². The Hall–Kier alpha value is -1.26. The highest BCUT2D eigenvalue weighted by Gasteiger charge is 2.08. The summed E-state index contributed by atoms with van der Waals surface area (Å²) < 4.78 is 12.5. The average molecular weight is 324 g/mol. The molecule has 3 nitrogen and oxygen atoms in total. The summed E-state index contributed by atoms with van der Waals surface area (Å²) in [6.07, 6.45) is 0. The van der Waals surface area contributed by atoms with Gasteiger partial charge in [0.2, 0.25) is 0 Å². The van der Waals surface area contributed by atoms with Gasteiger partial charge in [0.1, 0.15) is 23.9 Å². The van der Waals surface area contributed by atoms with Gasteiger partial charge < -0.3 is 14.9 Å². The molecule has 0 amide bonds. The molecule has 0 unspecified atom stereocenters. The van der Waals surface area contributed by atoms with E-state index < -0.39 is 0 Å². The van der Waals surface area contributed by atoms with E-state index in [2.05, 4.69) is 15.9 Å². The van der Waals surface area contributed by atoms with Crippen molar-refractivity contribution in [1.29, 1.82) is 0 Å². The molecule has 0 spiro atoms. The van der Waals surface area contributed by atoms with E-state index in [1.54, 1.807) is 0 Å². The number of halogens is 1. The van der Waals surface area contributed by atoms with Crippen LogP contribution < -0.4 is 10.5 Å². The van der Waals surface area contributed by atoms with Crippen molar-refractivity contribution in [2.24, 2.45) is 5.73 Å².